The van der Waals surface area contributed by atoms with E-state index in [1.165, 1.54) is 17.3 Å². The van der Waals surface area contributed by atoms with Gasteiger partial charge in [-0.1, -0.05) is 60.7 Å². The number of hydrogen-bond acceptors (Lipinski definition) is 4. The smallest absolute Gasteiger partial charge is 0.266 e. The zero-order valence-corrected chi connectivity index (χ0v) is 19.1. The molecule has 0 aromatic heterocycles. The van der Waals surface area contributed by atoms with Gasteiger partial charge in [-0.25, -0.2) is 4.99 Å². The monoisotopic (exact) mass is 442 g/mol. The molecule has 1 amide bonds. The molecule has 3 aromatic carbocycles. The van der Waals surface area contributed by atoms with E-state index in [-0.39, 0.29) is 12.0 Å². The van der Waals surface area contributed by atoms with Crippen LogP contribution < -0.4 is 4.74 Å². The fourth-order valence-corrected chi connectivity index (χ4v) is 4.38. The third kappa shape index (κ3) is 5.68. The van der Waals surface area contributed by atoms with Crippen LogP contribution in [-0.4, -0.2) is 28.6 Å². The molecule has 32 heavy (non-hydrogen) atoms. The summed E-state index contributed by atoms with van der Waals surface area (Å²) < 4.78 is 5.71. The molecule has 1 heterocycles. The predicted molar refractivity (Wildman–Crippen MR) is 133 cm³/mol. The van der Waals surface area contributed by atoms with Crippen LogP contribution in [-0.2, 0) is 11.2 Å². The Labute approximate surface area is 193 Å². The van der Waals surface area contributed by atoms with Gasteiger partial charge in [0.25, 0.3) is 5.91 Å². The van der Waals surface area contributed by atoms with Crippen LogP contribution in [0.25, 0.3) is 6.08 Å². The van der Waals surface area contributed by atoms with Gasteiger partial charge < -0.3 is 4.74 Å². The van der Waals surface area contributed by atoms with Crippen LogP contribution in [0.5, 0.6) is 5.75 Å². The van der Waals surface area contributed by atoms with E-state index in [1.807, 2.05) is 92.7 Å². The molecule has 0 bridgehead atoms. The van der Waals surface area contributed by atoms with Crippen LogP contribution in [0.15, 0.2) is 94.8 Å². The number of para-hydroxylation sites is 1. The second kappa shape index (κ2) is 10.3. The van der Waals surface area contributed by atoms with Crippen molar-refractivity contribution in [2.45, 2.75) is 26.4 Å². The molecule has 0 atom stereocenters. The lowest BCUT2D eigenvalue weighted by Crippen LogP contribution is -2.31. The fraction of sp³-hybridized carbons (Fsp3) is 0.185. The third-order valence-corrected chi connectivity index (χ3v) is 5.89. The van der Waals surface area contributed by atoms with Crippen molar-refractivity contribution in [3.05, 3.63) is 101 Å². The molecule has 0 unspecified atom stereocenters. The van der Waals surface area contributed by atoms with Crippen molar-refractivity contribution in [1.29, 1.82) is 0 Å². The Morgan fingerprint density at radius 3 is 2.25 bits per heavy atom. The second-order valence-electron chi connectivity index (χ2n) is 7.77. The Balaban J connectivity index is 1.58. The lowest BCUT2D eigenvalue weighted by Gasteiger charge is -2.15. The zero-order chi connectivity index (χ0) is 22.3. The minimum absolute atomic E-state index is 0.0110. The van der Waals surface area contributed by atoms with Crippen LogP contribution in [0.3, 0.4) is 0 Å². The molecule has 1 aliphatic heterocycles. The van der Waals surface area contributed by atoms with Crippen molar-refractivity contribution >= 4 is 34.6 Å². The number of thioether (sulfide) groups is 1. The van der Waals surface area contributed by atoms with Gasteiger partial charge in [0.2, 0.25) is 0 Å². The summed E-state index contributed by atoms with van der Waals surface area (Å²) in [7, 11) is 0. The van der Waals surface area contributed by atoms with E-state index in [9.17, 15) is 4.79 Å². The maximum absolute atomic E-state index is 13.3. The van der Waals surface area contributed by atoms with Gasteiger partial charge in [-0.05, 0) is 73.5 Å². The summed E-state index contributed by atoms with van der Waals surface area (Å²) in [6.45, 7) is 4.59. The Bertz CT molecular complexity index is 1110. The van der Waals surface area contributed by atoms with Gasteiger partial charge in [-0.2, -0.15) is 0 Å². The molecule has 0 N–H and O–H groups in total. The summed E-state index contributed by atoms with van der Waals surface area (Å²) in [4.78, 5) is 20.5. The molecule has 4 nitrogen and oxygen atoms in total. The molecule has 0 aliphatic carbocycles. The van der Waals surface area contributed by atoms with E-state index in [4.69, 9.17) is 9.73 Å². The first-order chi connectivity index (χ1) is 15.6. The number of benzene rings is 3. The zero-order valence-electron chi connectivity index (χ0n) is 18.3. The van der Waals surface area contributed by atoms with E-state index in [0.717, 1.165) is 23.4 Å². The number of ether oxygens (including phenoxy) is 1. The average Bonchev–Trinajstić information content (AvgIpc) is 3.08. The highest BCUT2D eigenvalue weighted by Crippen LogP contribution is 2.34. The topological polar surface area (TPSA) is 41.9 Å². The van der Waals surface area contributed by atoms with Crippen LogP contribution >= 0.6 is 11.8 Å². The van der Waals surface area contributed by atoms with E-state index in [2.05, 4.69) is 12.1 Å². The first kappa shape index (κ1) is 21.9. The number of amidine groups is 1. The van der Waals surface area contributed by atoms with Crippen LogP contribution in [0, 0.1) is 0 Å². The summed E-state index contributed by atoms with van der Waals surface area (Å²) in [5, 5.41) is 0.711. The van der Waals surface area contributed by atoms with E-state index in [1.54, 1.807) is 4.90 Å². The third-order valence-electron chi connectivity index (χ3n) is 4.89. The van der Waals surface area contributed by atoms with E-state index >= 15 is 0 Å². The molecule has 162 valence electrons. The van der Waals surface area contributed by atoms with Gasteiger partial charge in [0.1, 0.15) is 5.75 Å². The molecule has 3 aromatic rings. The Morgan fingerprint density at radius 1 is 0.938 bits per heavy atom. The number of carbonyl (C=O) groups excluding carboxylic acids is 1. The highest BCUT2D eigenvalue weighted by Gasteiger charge is 2.33. The standard InChI is InChI=1S/C27H26N2O2S/c1-20(2)31-24-15-13-22(14-16-24)19-25-26(30)29(18-17-21-9-5-3-6-10-21)27(32-25)28-23-11-7-4-8-12-23/h3-16,19-20H,17-18H2,1-2H3/b25-19+,28-27?. The highest BCUT2D eigenvalue weighted by atomic mass is 32.2. The minimum atomic E-state index is -0.0110. The molecular weight excluding hydrogens is 416 g/mol. The Hall–Kier alpha value is -3.31. The normalized spacial score (nSPS) is 16.3. The Morgan fingerprint density at radius 2 is 1.59 bits per heavy atom. The van der Waals surface area contributed by atoms with Crippen molar-refractivity contribution < 1.29 is 9.53 Å². The molecule has 1 saturated heterocycles. The molecule has 4 rings (SSSR count). The maximum atomic E-state index is 13.3. The van der Waals surface area contributed by atoms with Gasteiger partial charge in [0, 0.05) is 6.54 Å². The molecule has 1 aliphatic rings. The Kier molecular flexibility index (Phi) is 7.07. The van der Waals surface area contributed by atoms with E-state index in [0.29, 0.717) is 16.6 Å². The quantitative estimate of drug-likeness (QED) is 0.402. The number of nitrogens with zero attached hydrogens (tertiary/aromatic N) is 2. The predicted octanol–water partition coefficient (Wildman–Crippen LogP) is 6.32. The van der Waals surface area contributed by atoms with Crippen LogP contribution in [0.2, 0.25) is 0 Å². The molecular formula is C27H26N2O2S. The summed E-state index contributed by atoms with van der Waals surface area (Å²) in [6.07, 6.45) is 2.83. The summed E-state index contributed by atoms with van der Waals surface area (Å²) in [5.74, 6) is 0.812. The van der Waals surface area contributed by atoms with Gasteiger partial charge in [-0.3, -0.25) is 9.69 Å². The van der Waals surface area contributed by atoms with Crippen molar-refractivity contribution in [1.82, 2.24) is 4.90 Å². The first-order valence-corrected chi connectivity index (χ1v) is 11.6. The van der Waals surface area contributed by atoms with Gasteiger partial charge in [-0.15, -0.1) is 0 Å². The van der Waals surface area contributed by atoms with Crippen molar-refractivity contribution in [3.63, 3.8) is 0 Å². The molecule has 5 heteroatoms. The fourth-order valence-electron chi connectivity index (χ4n) is 3.35. The van der Waals surface area contributed by atoms with Crippen molar-refractivity contribution in [2.24, 2.45) is 4.99 Å². The number of amides is 1. The van der Waals surface area contributed by atoms with Gasteiger partial charge in [0.05, 0.1) is 16.7 Å². The summed E-state index contributed by atoms with van der Waals surface area (Å²) >= 11 is 1.42. The van der Waals surface area contributed by atoms with E-state index < -0.39 is 0 Å². The lowest BCUT2D eigenvalue weighted by atomic mass is 10.1. The number of hydrogen-bond donors (Lipinski definition) is 0. The number of aliphatic imine (C=N–C) groups is 1. The van der Waals surface area contributed by atoms with Crippen molar-refractivity contribution in [2.75, 3.05) is 6.54 Å². The molecule has 1 fully saturated rings. The van der Waals surface area contributed by atoms with Crippen LogP contribution in [0.4, 0.5) is 5.69 Å². The number of carbonyl (C=O) groups is 1. The van der Waals surface area contributed by atoms with Gasteiger partial charge in [0.15, 0.2) is 5.17 Å². The largest absolute Gasteiger partial charge is 0.491 e. The summed E-state index contributed by atoms with van der Waals surface area (Å²) in [6, 6.07) is 27.8. The lowest BCUT2D eigenvalue weighted by molar-refractivity contribution is -0.122. The minimum Gasteiger partial charge on any atom is -0.491 e. The van der Waals surface area contributed by atoms with Crippen molar-refractivity contribution in [3.8, 4) is 5.75 Å². The molecule has 0 saturated carbocycles. The SMILES string of the molecule is CC(C)Oc1ccc(/C=C2/SC(=Nc3ccccc3)N(CCc3ccccc3)C2=O)cc1. The first-order valence-electron chi connectivity index (χ1n) is 10.7. The average molecular weight is 443 g/mol. The van der Waals surface area contributed by atoms with Gasteiger partial charge >= 0.3 is 0 Å². The van der Waals surface area contributed by atoms with Crippen LogP contribution in [0.1, 0.15) is 25.0 Å². The number of rotatable bonds is 7. The summed E-state index contributed by atoms with van der Waals surface area (Å²) in [5.41, 5.74) is 2.99. The maximum Gasteiger partial charge on any atom is 0.266 e. The highest BCUT2D eigenvalue weighted by molar-refractivity contribution is 8.18. The molecule has 0 radical (unpaired) electrons. The molecule has 0 spiro atoms. The second-order valence-corrected chi connectivity index (χ2v) is 8.78.